The number of nitrogens with zero attached hydrogens (tertiary/aromatic N) is 2. The van der Waals surface area contributed by atoms with Gasteiger partial charge in [0.1, 0.15) is 0 Å². The van der Waals surface area contributed by atoms with Gasteiger partial charge in [0.15, 0.2) is 0 Å². The van der Waals surface area contributed by atoms with E-state index >= 15 is 0 Å². The highest BCUT2D eigenvalue weighted by molar-refractivity contribution is 5.50. The number of anilines is 2. The largest absolute Gasteiger partial charge is 0.397 e. The van der Waals surface area contributed by atoms with E-state index in [1.165, 1.54) is 19.3 Å². The Balaban J connectivity index is 2.07. The molecule has 88 valence electrons. The van der Waals surface area contributed by atoms with Gasteiger partial charge in [-0.1, -0.05) is 6.42 Å². The monoisotopic (exact) mass is 220 g/mol. The van der Waals surface area contributed by atoms with Gasteiger partial charge in [-0.05, 0) is 32.8 Å². The topological polar surface area (TPSA) is 54.2 Å². The first kappa shape index (κ1) is 11.2. The maximum Gasteiger partial charge on any atom is 0.0694 e. The van der Waals surface area contributed by atoms with Crippen LogP contribution >= 0.6 is 0 Å². The Morgan fingerprint density at radius 1 is 1.31 bits per heavy atom. The zero-order valence-corrected chi connectivity index (χ0v) is 9.98. The first-order valence-electron chi connectivity index (χ1n) is 5.92. The van der Waals surface area contributed by atoms with Crippen LogP contribution in [0, 0.1) is 0 Å². The quantitative estimate of drug-likeness (QED) is 0.802. The zero-order chi connectivity index (χ0) is 11.5. The molecule has 0 bridgehead atoms. The summed E-state index contributed by atoms with van der Waals surface area (Å²) in [5.74, 6) is 0. The van der Waals surface area contributed by atoms with Crippen molar-refractivity contribution in [2.75, 3.05) is 11.2 Å². The molecule has 0 saturated carbocycles. The summed E-state index contributed by atoms with van der Waals surface area (Å²) in [6.07, 6.45) is 7.27. The van der Waals surface area contributed by atoms with E-state index in [1.54, 1.807) is 6.20 Å². The van der Waals surface area contributed by atoms with Crippen molar-refractivity contribution < 1.29 is 0 Å². The molecule has 0 aliphatic carbocycles. The zero-order valence-electron chi connectivity index (χ0n) is 9.98. The van der Waals surface area contributed by atoms with Crippen molar-refractivity contribution in [1.82, 2.24) is 9.99 Å². The van der Waals surface area contributed by atoms with Crippen LogP contribution in [0.2, 0.25) is 0 Å². The Labute approximate surface area is 96.8 Å². The van der Waals surface area contributed by atoms with Gasteiger partial charge >= 0.3 is 0 Å². The highest BCUT2D eigenvalue weighted by Gasteiger charge is 2.24. The van der Waals surface area contributed by atoms with Crippen molar-refractivity contribution in [2.24, 2.45) is 0 Å². The number of aromatic nitrogens is 1. The normalized spacial score (nSPS) is 26.6. The number of nitrogens with two attached hydrogens (primary N) is 1. The second kappa shape index (κ2) is 4.70. The molecular weight excluding hydrogens is 200 g/mol. The van der Waals surface area contributed by atoms with Gasteiger partial charge < -0.3 is 11.2 Å². The Morgan fingerprint density at radius 3 is 2.62 bits per heavy atom. The van der Waals surface area contributed by atoms with Crippen LogP contribution in [-0.4, -0.2) is 22.1 Å². The minimum atomic E-state index is 0.560. The van der Waals surface area contributed by atoms with Crippen LogP contribution in [0.1, 0.15) is 33.1 Å². The smallest absolute Gasteiger partial charge is 0.0694 e. The molecule has 4 heteroatoms. The van der Waals surface area contributed by atoms with Crippen LogP contribution in [0.4, 0.5) is 11.4 Å². The van der Waals surface area contributed by atoms with E-state index in [9.17, 15) is 0 Å². The van der Waals surface area contributed by atoms with E-state index in [-0.39, 0.29) is 0 Å². The maximum atomic E-state index is 5.71. The number of nitrogen functional groups attached to an aromatic ring is 1. The molecule has 1 aliphatic heterocycles. The van der Waals surface area contributed by atoms with Crippen LogP contribution in [0.3, 0.4) is 0 Å². The number of rotatable bonds is 2. The molecule has 1 aliphatic rings. The van der Waals surface area contributed by atoms with Crippen molar-refractivity contribution in [3.63, 3.8) is 0 Å². The minimum Gasteiger partial charge on any atom is -0.397 e. The summed E-state index contributed by atoms with van der Waals surface area (Å²) in [5, 5.41) is 2.31. The lowest BCUT2D eigenvalue weighted by atomic mass is 10.00. The van der Waals surface area contributed by atoms with Crippen LogP contribution in [0.25, 0.3) is 0 Å². The fourth-order valence-corrected chi connectivity index (χ4v) is 2.31. The molecule has 2 rings (SSSR count). The summed E-state index contributed by atoms with van der Waals surface area (Å²) in [5.41, 5.74) is 10.8. The molecule has 0 aromatic carbocycles. The van der Waals surface area contributed by atoms with E-state index in [0.717, 1.165) is 5.69 Å². The molecule has 1 saturated heterocycles. The Hall–Kier alpha value is -1.29. The van der Waals surface area contributed by atoms with Crippen molar-refractivity contribution in [2.45, 2.75) is 45.2 Å². The average molecular weight is 220 g/mol. The van der Waals surface area contributed by atoms with E-state index in [2.05, 4.69) is 29.3 Å². The van der Waals surface area contributed by atoms with Crippen LogP contribution < -0.4 is 11.2 Å². The average Bonchev–Trinajstić information content (AvgIpc) is 2.24. The summed E-state index contributed by atoms with van der Waals surface area (Å²) < 4.78 is 0. The van der Waals surface area contributed by atoms with Gasteiger partial charge in [-0.2, -0.15) is 0 Å². The highest BCUT2D eigenvalue weighted by Crippen LogP contribution is 2.23. The molecular formula is C12H20N4. The lowest BCUT2D eigenvalue weighted by molar-refractivity contribution is 0.135. The molecule has 0 spiro atoms. The van der Waals surface area contributed by atoms with Gasteiger partial charge in [-0.3, -0.25) is 4.98 Å². The molecule has 0 amide bonds. The molecule has 16 heavy (non-hydrogen) atoms. The number of hydrazine groups is 1. The molecule has 2 unspecified atom stereocenters. The fraction of sp³-hybridized carbons (Fsp3) is 0.583. The van der Waals surface area contributed by atoms with E-state index in [0.29, 0.717) is 17.8 Å². The van der Waals surface area contributed by atoms with Crippen molar-refractivity contribution in [3.8, 4) is 0 Å². The summed E-state index contributed by atoms with van der Waals surface area (Å²) in [6, 6.07) is 3.04. The van der Waals surface area contributed by atoms with Crippen molar-refractivity contribution in [1.29, 1.82) is 0 Å². The summed E-state index contributed by atoms with van der Waals surface area (Å²) in [4.78, 5) is 4.09. The van der Waals surface area contributed by atoms with Gasteiger partial charge in [-0.15, -0.1) is 0 Å². The summed E-state index contributed by atoms with van der Waals surface area (Å²) in [6.45, 7) is 4.50. The number of nitrogens with one attached hydrogen (secondary N) is 1. The SMILES string of the molecule is CC1CCCC(C)N1Nc1cncc(N)c1. The molecule has 2 heterocycles. The Bertz CT molecular complexity index is 343. The standard InChI is InChI=1S/C12H20N4/c1-9-4-3-5-10(2)16(9)15-12-6-11(13)7-14-8-12/h6-10,15H,3-5,13H2,1-2H3. The number of hydrogen-bond donors (Lipinski definition) is 2. The third-order valence-electron chi connectivity index (χ3n) is 3.21. The van der Waals surface area contributed by atoms with Gasteiger partial charge in [0.2, 0.25) is 0 Å². The molecule has 2 atom stereocenters. The van der Waals surface area contributed by atoms with Crippen LogP contribution in [-0.2, 0) is 0 Å². The van der Waals surface area contributed by atoms with Crippen LogP contribution in [0.5, 0.6) is 0 Å². The second-order valence-corrected chi connectivity index (χ2v) is 4.65. The molecule has 3 N–H and O–H groups in total. The van der Waals surface area contributed by atoms with Gasteiger partial charge in [0.25, 0.3) is 0 Å². The lowest BCUT2D eigenvalue weighted by Gasteiger charge is -2.39. The first-order chi connectivity index (χ1) is 7.66. The predicted octanol–water partition coefficient (Wildman–Crippen LogP) is 2.25. The first-order valence-corrected chi connectivity index (χ1v) is 5.92. The van der Waals surface area contributed by atoms with Gasteiger partial charge in [0, 0.05) is 18.3 Å². The summed E-state index contributed by atoms with van der Waals surface area (Å²) in [7, 11) is 0. The number of hydrogen-bond acceptors (Lipinski definition) is 4. The molecule has 0 radical (unpaired) electrons. The Morgan fingerprint density at radius 2 is 2.00 bits per heavy atom. The number of pyridine rings is 1. The Kier molecular flexibility index (Phi) is 3.29. The van der Waals surface area contributed by atoms with E-state index in [4.69, 9.17) is 5.73 Å². The van der Waals surface area contributed by atoms with Crippen LogP contribution in [0.15, 0.2) is 18.5 Å². The van der Waals surface area contributed by atoms with Gasteiger partial charge in [-0.25, -0.2) is 5.01 Å². The third kappa shape index (κ3) is 2.44. The summed E-state index contributed by atoms with van der Waals surface area (Å²) >= 11 is 0. The fourth-order valence-electron chi connectivity index (χ4n) is 2.31. The molecule has 4 nitrogen and oxygen atoms in total. The predicted molar refractivity (Wildman–Crippen MR) is 66.9 cm³/mol. The van der Waals surface area contributed by atoms with Crippen molar-refractivity contribution >= 4 is 11.4 Å². The van der Waals surface area contributed by atoms with Crippen molar-refractivity contribution in [3.05, 3.63) is 18.5 Å². The molecule has 1 aromatic heterocycles. The van der Waals surface area contributed by atoms with E-state index in [1.807, 2.05) is 12.3 Å². The highest BCUT2D eigenvalue weighted by atomic mass is 15.5. The number of piperidine rings is 1. The van der Waals surface area contributed by atoms with E-state index < -0.39 is 0 Å². The second-order valence-electron chi connectivity index (χ2n) is 4.65. The molecule has 1 fully saturated rings. The third-order valence-corrected chi connectivity index (χ3v) is 3.21. The lowest BCUT2D eigenvalue weighted by Crippen LogP contribution is -2.47. The minimum absolute atomic E-state index is 0.560. The molecule has 1 aromatic rings. The van der Waals surface area contributed by atoms with Gasteiger partial charge in [0.05, 0.1) is 17.6 Å². The maximum absolute atomic E-state index is 5.71.